The number of rotatable bonds is 8. The second kappa shape index (κ2) is 8.93. The van der Waals surface area contributed by atoms with Crippen molar-refractivity contribution >= 4 is 6.09 Å². The molecule has 24 heavy (non-hydrogen) atoms. The van der Waals surface area contributed by atoms with Crippen molar-refractivity contribution in [3.05, 3.63) is 0 Å². The Morgan fingerprint density at radius 2 is 1.71 bits per heavy atom. The minimum atomic E-state index is -1.63. The molecule has 0 aliphatic carbocycles. The Morgan fingerprint density at radius 3 is 2.21 bits per heavy atom. The first-order chi connectivity index (χ1) is 11.0. The third-order valence-electron chi connectivity index (χ3n) is 3.72. The third kappa shape index (κ3) is 6.50. The van der Waals surface area contributed by atoms with Crippen molar-refractivity contribution < 1.29 is 35.1 Å². The van der Waals surface area contributed by atoms with E-state index >= 15 is 0 Å². The maximum Gasteiger partial charge on any atom is 0.410 e. The van der Waals surface area contributed by atoms with Gasteiger partial charge in [0.2, 0.25) is 0 Å². The molecule has 1 rings (SSSR count). The van der Waals surface area contributed by atoms with Crippen molar-refractivity contribution in [2.45, 2.75) is 50.8 Å². The molecule has 0 aromatic heterocycles. The van der Waals surface area contributed by atoms with E-state index in [0.717, 1.165) is 0 Å². The third-order valence-corrected chi connectivity index (χ3v) is 3.72. The van der Waals surface area contributed by atoms with Crippen LogP contribution in [0.2, 0.25) is 0 Å². The lowest BCUT2D eigenvalue weighted by Gasteiger charge is -2.40. The molecule has 1 aliphatic heterocycles. The van der Waals surface area contributed by atoms with Gasteiger partial charge >= 0.3 is 6.09 Å². The van der Waals surface area contributed by atoms with E-state index in [1.807, 2.05) is 0 Å². The summed E-state index contributed by atoms with van der Waals surface area (Å²) in [4.78, 5) is 13.4. The lowest BCUT2D eigenvalue weighted by atomic mass is 10.00. The van der Waals surface area contributed by atoms with E-state index in [2.05, 4.69) is 5.32 Å². The molecular formula is C15H30N2O7. The topological polar surface area (TPSA) is 143 Å². The van der Waals surface area contributed by atoms with E-state index in [0.29, 0.717) is 19.6 Å². The monoisotopic (exact) mass is 350 g/mol. The molecular weight excluding hydrogens is 320 g/mol. The van der Waals surface area contributed by atoms with Gasteiger partial charge in [0.15, 0.2) is 0 Å². The summed E-state index contributed by atoms with van der Waals surface area (Å²) < 4.78 is 5.25. The SMILES string of the molecule is CC(C)(C)OC(=O)N1CC(CNCC(O)C(O)C(O)C(O)CO)C1. The van der Waals surface area contributed by atoms with Crippen LogP contribution in [0.1, 0.15) is 20.8 Å². The molecule has 142 valence electrons. The van der Waals surface area contributed by atoms with E-state index in [4.69, 9.17) is 9.84 Å². The number of hydrogen-bond acceptors (Lipinski definition) is 8. The highest BCUT2D eigenvalue weighted by atomic mass is 16.6. The van der Waals surface area contributed by atoms with Gasteiger partial charge in [-0.05, 0) is 20.8 Å². The van der Waals surface area contributed by atoms with Crippen LogP contribution in [0.15, 0.2) is 0 Å². The number of ether oxygens (including phenoxy) is 1. The Kier molecular flexibility index (Phi) is 7.84. The summed E-state index contributed by atoms with van der Waals surface area (Å²) in [6, 6.07) is 0. The molecule has 1 fully saturated rings. The fourth-order valence-corrected chi connectivity index (χ4v) is 2.29. The summed E-state index contributed by atoms with van der Waals surface area (Å²) in [7, 11) is 0. The molecule has 1 saturated heterocycles. The van der Waals surface area contributed by atoms with Crippen LogP contribution in [0.5, 0.6) is 0 Å². The average Bonchev–Trinajstić information content (AvgIpc) is 2.44. The number of nitrogens with one attached hydrogen (secondary N) is 1. The van der Waals surface area contributed by atoms with Crippen LogP contribution in [-0.4, -0.2) is 99.3 Å². The van der Waals surface area contributed by atoms with Crippen molar-refractivity contribution in [3.63, 3.8) is 0 Å². The molecule has 1 heterocycles. The number of hydrogen-bond donors (Lipinski definition) is 6. The fourth-order valence-electron chi connectivity index (χ4n) is 2.29. The Bertz CT molecular complexity index is 396. The smallest absolute Gasteiger partial charge is 0.410 e. The minimum absolute atomic E-state index is 0.0132. The predicted molar refractivity (Wildman–Crippen MR) is 85.3 cm³/mol. The van der Waals surface area contributed by atoms with Crippen LogP contribution >= 0.6 is 0 Å². The number of carbonyl (C=O) groups excluding carboxylic acids is 1. The largest absolute Gasteiger partial charge is 0.444 e. The van der Waals surface area contributed by atoms with Gasteiger partial charge in [0, 0.05) is 32.1 Å². The first-order valence-electron chi connectivity index (χ1n) is 8.07. The van der Waals surface area contributed by atoms with Gasteiger partial charge in [-0.25, -0.2) is 4.79 Å². The quantitative estimate of drug-likeness (QED) is 0.292. The maximum atomic E-state index is 11.8. The fraction of sp³-hybridized carbons (Fsp3) is 0.933. The van der Waals surface area contributed by atoms with Crippen molar-refractivity contribution in [1.29, 1.82) is 0 Å². The minimum Gasteiger partial charge on any atom is -0.444 e. The summed E-state index contributed by atoms with van der Waals surface area (Å²) in [5.74, 6) is 0.217. The highest BCUT2D eigenvalue weighted by molar-refractivity contribution is 5.69. The van der Waals surface area contributed by atoms with Crippen LogP contribution in [0.4, 0.5) is 4.79 Å². The van der Waals surface area contributed by atoms with E-state index < -0.39 is 36.6 Å². The zero-order valence-corrected chi connectivity index (χ0v) is 14.4. The summed E-state index contributed by atoms with van der Waals surface area (Å²) >= 11 is 0. The lowest BCUT2D eigenvalue weighted by Crippen LogP contribution is -2.55. The van der Waals surface area contributed by atoms with Crippen LogP contribution < -0.4 is 5.32 Å². The molecule has 4 unspecified atom stereocenters. The van der Waals surface area contributed by atoms with Crippen LogP contribution in [0.3, 0.4) is 0 Å². The molecule has 0 aromatic rings. The van der Waals surface area contributed by atoms with Crippen molar-refractivity contribution in [2.24, 2.45) is 5.92 Å². The van der Waals surface area contributed by atoms with Gasteiger partial charge in [-0.1, -0.05) is 0 Å². The van der Waals surface area contributed by atoms with Gasteiger partial charge in [0.05, 0.1) is 12.7 Å². The predicted octanol–water partition coefficient (Wildman–Crippen LogP) is -2.12. The number of aliphatic hydroxyl groups excluding tert-OH is 5. The Balaban J connectivity index is 2.20. The second-order valence-electron chi connectivity index (χ2n) is 7.21. The number of aliphatic hydroxyl groups is 5. The van der Waals surface area contributed by atoms with E-state index in [1.54, 1.807) is 25.7 Å². The van der Waals surface area contributed by atoms with E-state index in [1.165, 1.54) is 0 Å². The second-order valence-corrected chi connectivity index (χ2v) is 7.21. The zero-order valence-electron chi connectivity index (χ0n) is 14.4. The van der Waals surface area contributed by atoms with Crippen LogP contribution in [0.25, 0.3) is 0 Å². The summed E-state index contributed by atoms with van der Waals surface area (Å²) in [6.07, 6.45) is -6.35. The molecule has 4 atom stereocenters. The normalized spacial score (nSPS) is 20.9. The summed E-state index contributed by atoms with van der Waals surface area (Å²) in [5, 5.41) is 49.8. The first-order valence-corrected chi connectivity index (χ1v) is 8.07. The van der Waals surface area contributed by atoms with Gasteiger partial charge in [-0.3, -0.25) is 0 Å². The molecule has 9 nitrogen and oxygen atoms in total. The Labute approximate surface area is 141 Å². The molecule has 9 heteroatoms. The Morgan fingerprint density at radius 1 is 1.17 bits per heavy atom. The number of amides is 1. The van der Waals surface area contributed by atoms with Gasteiger partial charge in [-0.2, -0.15) is 0 Å². The maximum absolute atomic E-state index is 11.8. The van der Waals surface area contributed by atoms with Gasteiger partial charge in [0.25, 0.3) is 0 Å². The van der Waals surface area contributed by atoms with Crippen molar-refractivity contribution in [3.8, 4) is 0 Å². The number of nitrogens with zero attached hydrogens (tertiary/aromatic N) is 1. The van der Waals surface area contributed by atoms with Gasteiger partial charge in [-0.15, -0.1) is 0 Å². The molecule has 0 bridgehead atoms. The number of likely N-dealkylation sites (tertiary alicyclic amines) is 1. The molecule has 0 radical (unpaired) electrons. The van der Waals surface area contributed by atoms with Crippen molar-refractivity contribution in [2.75, 3.05) is 32.8 Å². The van der Waals surface area contributed by atoms with Gasteiger partial charge < -0.3 is 40.5 Å². The molecule has 0 saturated carbocycles. The highest BCUT2D eigenvalue weighted by Crippen LogP contribution is 2.18. The van der Waals surface area contributed by atoms with E-state index in [-0.39, 0.29) is 18.6 Å². The standard InChI is InChI=1S/C15H30N2O7/c1-15(2,3)24-14(23)17-6-9(7-17)4-16-5-10(19)12(21)13(22)11(20)8-18/h9-13,16,18-22H,4-8H2,1-3H3. The summed E-state index contributed by atoms with van der Waals surface area (Å²) in [6.45, 7) is 6.34. The molecule has 0 spiro atoms. The first kappa shape index (κ1) is 21.1. The van der Waals surface area contributed by atoms with E-state index in [9.17, 15) is 25.2 Å². The molecule has 1 aliphatic rings. The lowest BCUT2D eigenvalue weighted by molar-refractivity contribution is -0.114. The van der Waals surface area contributed by atoms with Crippen LogP contribution in [0, 0.1) is 5.92 Å². The highest BCUT2D eigenvalue weighted by Gasteiger charge is 2.34. The average molecular weight is 350 g/mol. The van der Waals surface area contributed by atoms with Crippen LogP contribution in [-0.2, 0) is 4.74 Å². The molecule has 1 amide bonds. The number of carbonyl (C=O) groups is 1. The molecule has 6 N–H and O–H groups in total. The Hall–Kier alpha value is -0.970. The zero-order chi connectivity index (χ0) is 18.5. The van der Waals surface area contributed by atoms with Gasteiger partial charge in [0.1, 0.15) is 23.9 Å². The summed E-state index contributed by atoms with van der Waals surface area (Å²) in [5.41, 5.74) is -0.527. The molecule has 0 aromatic carbocycles. The van der Waals surface area contributed by atoms with Crippen molar-refractivity contribution in [1.82, 2.24) is 10.2 Å².